The molecule has 4 nitrogen and oxygen atoms in total. The van der Waals surface area contributed by atoms with E-state index in [9.17, 15) is 4.79 Å². The van der Waals surface area contributed by atoms with E-state index >= 15 is 0 Å². The molecule has 0 fully saturated rings. The molecule has 4 heteroatoms. The van der Waals surface area contributed by atoms with Gasteiger partial charge < -0.3 is 14.8 Å². The van der Waals surface area contributed by atoms with E-state index in [1.807, 2.05) is 31.2 Å². The second-order valence-electron chi connectivity index (χ2n) is 6.71. The average Bonchev–Trinajstić information content (AvgIpc) is 2.62. The van der Waals surface area contributed by atoms with E-state index in [0.29, 0.717) is 19.4 Å². The highest BCUT2D eigenvalue weighted by Crippen LogP contribution is 2.22. The Morgan fingerprint density at radius 2 is 1.62 bits per heavy atom. The molecule has 0 radical (unpaired) electrons. The van der Waals surface area contributed by atoms with Gasteiger partial charge in [-0.1, -0.05) is 12.1 Å². The van der Waals surface area contributed by atoms with Crippen molar-refractivity contribution in [1.82, 2.24) is 5.32 Å². The monoisotopic (exact) mass is 355 g/mol. The predicted octanol–water partition coefficient (Wildman–Crippen LogP) is 4.66. The van der Waals surface area contributed by atoms with E-state index in [4.69, 9.17) is 9.47 Å². The lowest BCUT2D eigenvalue weighted by atomic mass is 9.96. The van der Waals surface area contributed by atoms with Gasteiger partial charge in [0.1, 0.15) is 11.5 Å². The number of hydrogen-bond donors (Lipinski definition) is 1. The molecular weight excluding hydrogens is 326 g/mol. The van der Waals surface area contributed by atoms with Crippen molar-refractivity contribution >= 4 is 5.91 Å². The van der Waals surface area contributed by atoms with Gasteiger partial charge in [-0.25, -0.2) is 0 Å². The first-order valence-corrected chi connectivity index (χ1v) is 9.04. The van der Waals surface area contributed by atoms with Crippen LogP contribution in [0.3, 0.4) is 0 Å². The number of amides is 1. The molecule has 0 aliphatic rings. The molecular formula is C22H29NO3. The molecule has 1 unspecified atom stereocenters. The molecule has 2 aromatic carbocycles. The zero-order chi connectivity index (χ0) is 19.1. The fourth-order valence-corrected chi connectivity index (χ4v) is 2.94. The van der Waals surface area contributed by atoms with Gasteiger partial charge in [0.15, 0.2) is 0 Å². The van der Waals surface area contributed by atoms with Gasteiger partial charge in [0.2, 0.25) is 5.91 Å². The summed E-state index contributed by atoms with van der Waals surface area (Å²) in [6.45, 7) is 8.84. The first-order chi connectivity index (χ1) is 12.4. The standard InChI is InChI=1S/C22H29NO3/c1-15-13-17(3)21(14-16(15)2)18(4)23-22(24)7-6-12-26-20-10-8-19(25-5)9-11-20/h8-11,13-14,18H,6-7,12H2,1-5H3,(H,23,24). The number of rotatable bonds is 8. The molecule has 140 valence electrons. The quantitative estimate of drug-likeness (QED) is 0.701. The molecule has 0 aliphatic carbocycles. The summed E-state index contributed by atoms with van der Waals surface area (Å²) >= 11 is 0. The van der Waals surface area contributed by atoms with E-state index in [0.717, 1.165) is 11.5 Å². The Morgan fingerprint density at radius 1 is 1.00 bits per heavy atom. The summed E-state index contributed by atoms with van der Waals surface area (Å²) in [5.74, 6) is 1.63. The van der Waals surface area contributed by atoms with Crippen LogP contribution in [0.15, 0.2) is 36.4 Å². The van der Waals surface area contributed by atoms with Crippen molar-refractivity contribution in [2.24, 2.45) is 0 Å². The van der Waals surface area contributed by atoms with Crippen LogP contribution < -0.4 is 14.8 Å². The van der Waals surface area contributed by atoms with Gasteiger partial charge in [-0.15, -0.1) is 0 Å². The number of carbonyl (C=O) groups is 1. The zero-order valence-corrected chi connectivity index (χ0v) is 16.4. The third kappa shape index (κ3) is 5.51. The normalized spacial score (nSPS) is 11.7. The summed E-state index contributed by atoms with van der Waals surface area (Å²) in [7, 11) is 1.63. The third-order valence-corrected chi connectivity index (χ3v) is 4.60. The molecule has 1 N–H and O–H groups in total. The van der Waals surface area contributed by atoms with Gasteiger partial charge in [-0.3, -0.25) is 4.79 Å². The lowest BCUT2D eigenvalue weighted by Gasteiger charge is -2.18. The summed E-state index contributed by atoms with van der Waals surface area (Å²) in [5.41, 5.74) is 4.92. The first-order valence-electron chi connectivity index (χ1n) is 9.04. The van der Waals surface area contributed by atoms with Crippen LogP contribution >= 0.6 is 0 Å². The molecule has 0 heterocycles. The van der Waals surface area contributed by atoms with Crippen LogP contribution in [-0.4, -0.2) is 19.6 Å². The maximum absolute atomic E-state index is 12.2. The fraction of sp³-hybridized carbons (Fsp3) is 0.409. The Morgan fingerprint density at radius 3 is 2.27 bits per heavy atom. The average molecular weight is 355 g/mol. The molecule has 0 aliphatic heterocycles. The Hall–Kier alpha value is -2.49. The van der Waals surface area contributed by atoms with Crippen LogP contribution in [0.25, 0.3) is 0 Å². The van der Waals surface area contributed by atoms with Crippen LogP contribution in [0.1, 0.15) is 48.1 Å². The Kier molecular flexibility index (Phi) is 7.07. The van der Waals surface area contributed by atoms with Crippen molar-refractivity contribution in [3.8, 4) is 11.5 Å². The highest BCUT2D eigenvalue weighted by atomic mass is 16.5. The summed E-state index contributed by atoms with van der Waals surface area (Å²) < 4.78 is 10.8. The summed E-state index contributed by atoms with van der Waals surface area (Å²) in [4.78, 5) is 12.2. The van der Waals surface area contributed by atoms with E-state index in [1.54, 1.807) is 7.11 Å². The van der Waals surface area contributed by atoms with Crippen LogP contribution in [0.4, 0.5) is 0 Å². The van der Waals surface area contributed by atoms with E-state index in [-0.39, 0.29) is 11.9 Å². The van der Waals surface area contributed by atoms with Crippen molar-refractivity contribution in [2.75, 3.05) is 13.7 Å². The number of aryl methyl sites for hydroxylation is 3. The molecule has 0 bridgehead atoms. The van der Waals surface area contributed by atoms with Crippen LogP contribution in [-0.2, 0) is 4.79 Å². The van der Waals surface area contributed by atoms with Crippen molar-refractivity contribution < 1.29 is 14.3 Å². The van der Waals surface area contributed by atoms with Crippen molar-refractivity contribution in [3.05, 3.63) is 58.7 Å². The summed E-state index contributed by atoms with van der Waals surface area (Å²) in [6, 6.07) is 11.8. The molecule has 0 spiro atoms. The molecule has 26 heavy (non-hydrogen) atoms. The highest BCUT2D eigenvalue weighted by molar-refractivity contribution is 5.76. The van der Waals surface area contributed by atoms with Crippen molar-refractivity contribution in [1.29, 1.82) is 0 Å². The number of benzene rings is 2. The Balaban J connectivity index is 1.76. The molecule has 1 amide bonds. The maximum atomic E-state index is 12.2. The first kappa shape index (κ1) is 19.8. The number of ether oxygens (including phenoxy) is 2. The zero-order valence-electron chi connectivity index (χ0n) is 16.4. The van der Waals surface area contributed by atoms with E-state index in [2.05, 4.69) is 38.2 Å². The molecule has 1 atom stereocenters. The SMILES string of the molecule is COc1ccc(OCCCC(=O)NC(C)c2cc(C)c(C)cc2C)cc1. The van der Waals surface area contributed by atoms with Crippen LogP contribution in [0.2, 0.25) is 0 Å². The summed E-state index contributed by atoms with van der Waals surface area (Å²) in [5, 5.41) is 3.09. The second kappa shape index (κ2) is 9.27. The number of carbonyl (C=O) groups excluding carboxylic acids is 1. The predicted molar refractivity (Wildman–Crippen MR) is 105 cm³/mol. The number of hydrogen-bond acceptors (Lipinski definition) is 3. The fourth-order valence-electron chi connectivity index (χ4n) is 2.94. The lowest BCUT2D eigenvalue weighted by molar-refractivity contribution is -0.121. The molecule has 0 aromatic heterocycles. The molecule has 2 aromatic rings. The van der Waals surface area contributed by atoms with E-state index in [1.165, 1.54) is 22.3 Å². The summed E-state index contributed by atoms with van der Waals surface area (Å²) in [6.07, 6.45) is 1.13. The number of methoxy groups -OCH3 is 1. The van der Waals surface area contributed by atoms with Gasteiger partial charge in [0, 0.05) is 6.42 Å². The number of nitrogens with one attached hydrogen (secondary N) is 1. The van der Waals surface area contributed by atoms with Gasteiger partial charge >= 0.3 is 0 Å². The van der Waals surface area contributed by atoms with Crippen molar-refractivity contribution in [3.63, 3.8) is 0 Å². The molecule has 2 rings (SSSR count). The largest absolute Gasteiger partial charge is 0.497 e. The van der Waals surface area contributed by atoms with E-state index < -0.39 is 0 Å². The minimum atomic E-state index is 0.00399. The highest BCUT2D eigenvalue weighted by Gasteiger charge is 2.12. The second-order valence-corrected chi connectivity index (χ2v) is 6.71. The molecule has 0 saturated heterocycles. The minimum Gasteiger partial charge on any atom is -0.497 e. The Bertz CT molecular complexity index is 738. The van der Waals surface area contributed by atoms with Crippen LogP contribution in [0.5, 0.6) is 11.5 Å². The van der Waals surface area contributed by atoms with Gasteiger partial charge in [0.05, 0.1) is 19.8 Å². The topological polar surface area (TPSA) is 47.6 Å². The Labute approximate surface area is 156 Å². The molecule has 0 saturated carbocycles. The van der Waals surface area contributed by atoms with Gasteiger partial charge in [-0.05, 0) is 80.6 Å². The van der Waals surface area contributed by atoms with Crippen LogP contribution in [0, 0.1) is 20.8 Å². The van der Waals surface area contributed by atoms with Crippen molar-refractivity contribution in [2.45, 2.75) is 46.6 Å². The van der Waals surface area contributed by atoms with Gasteiger partial charge in [0.25, 0.3) is 0 Å². The maximum Gasteiger partial charge on any atom is 0.220 e. The smallest absolute Gasteiger partial charge is 0.220 e. The third-order valence-electron chi connectivity index (χ3n) is 4.60. The van der Waals surface area contributed by atoms with Gasteiger partial charge in [-0.2, -0.15) is 0 Å². The lowest BCUT2D eigenvalue weighted by Crippen LogP contribution is -2.27. The minimum absolute atomic E-state index is 0.00399.